The van der Waals surface area contributed by atoms with Gasteiger partial charge in [-0.15, -0.1) is 24.8 Å². The van der Waals surface area contributed by atoms with E-state index < -0.39 is 0 Å². The Balaban J connectivity index is 0. The first-order valence-corrected chi connectivity index (χ1v) is 3.91. The fraction of sp³-hybridized carbons (Fsp3) is 1.00. The van der Waals surface area contributed by atoms with Gasteiger partial charge in [0.1, 0.15) is 0 Å². The maximum absolute atomic E-state index is 3.22. The van der Waals surface area contributed by atoms with Crippen LogP contribution in [-0.2, 0) is 0 Å². The summed E-state index contributed by atoms with van der Waals surface area (Å²) >= 11 is 0. The molecule has 2 nitrogen and oxygen atoms in total. The monoisotopic (exact) mass is 200 g/mol. The molecule has 70 valence electrons. The minimum atomic E-state index is 0. The van der Waals surface area contributed by atoms with E-state index in [0.717, 1.165) is 26.2 Å². The summed E-state index contributed by atoms with van der Waals surface area (Å²) in [5, 5.41) is 6.44. The molecule has 0 radical (unpaired) electrons. The molecule has 1 aliphatic carbocycles. The lowest BCUT2D eigenvalue weighted by atomic mass is 10.4. The van der Waals surface area contributed by atoms with Crippen molar-refractivity contribution >= 4 is 24.8 Å². The average Bonchev–Trinajstić information content (AvgIpc) is 2.76. The molecule has 2 fully saturated rings. The van der Waals surface area contributed by atoms with Gasteiger partial charge in [-0.1, -0.05) is 19.3 Å². The van der Waals surface area contributed by atoms with Crippen LogP contribution in [0.5, 0.6) is 0 Å². The van der Waals surface area contributed by atoms with E-state index in [4.69, 9.17) is 0 Å². The van der Waals surface area contributed by atoms with Crippen molar-refractivity contribution in [3.8, 4) is 0 Å². The molecule has 0 aromatic heterocycles. The molecule has 2 aliphatic rings. The van der Waals surface area contributed by atoms with Gasteiger partial charge >= 0.3 is 0 Å². The lowest BCUT2D eigenvalue weighted by molar-refractivity contribution is 0.534. The Morgan fingerprint density at radius 3 is 0.909 bits per heavy atom. The zero-order valence-electron chi connectivity index (χ0n) is 6.77. The number of piperazine rings is 1. The van der Waals surface area contributed by atoms with Crippen LogP contribution in [0.3, 0.4) is 0 Å². The Bertz CT molecular complexity index is 51.2. The molecule has 0 spiro atoms. The van der Waals surface area contributed by atoms with Crippen molar-refractivity contribution in [3.63, 3.8) is 0 Å². The van der Waals surface area contributed by atoms with Crippen LogP contribution in [0.4, 0.5) is 0 Å². The average molecular weight is 201 g/mol. The van der Waals surface area contributed by atoms with Gasteiger partial charge in [0.15, 0.2) is 0 Å². The Morgan fingerprint density at radius 2 is 0.818 bits per heavy atom. The third-order valence-corrected chi connectivity index (χ3v) is 1.31. The zero-order valence-corrected chi connectivity index (χ0v) is 8.40. The number of hydrogen-bond acceptors (Lipinski definition) is 2. The van der Waals surface area contributed by atoms with Crippen molar-refractivity contribution in [2.75, 3.05) is 26.2 Å². The summed E-state index contributed by atoms with van der Waals surface area (Å²) in [6.07, 6.45) is 4.50. The van der Waals surface area contributed by atoms with E-state index in [-0.39, 0.29) is 24.8 Å². The molecular weight excluding hydrogens is 183 g/mol. The predicted octanol–water partition coefficient (Wildman–Crippen LogP) is 1.19. The van der Waals surface area contributed by atoms with Gasteiger partial charge in [-0.05, 0) is 0 Å². The van der Waals surface area contributed by atoms with Gasteiger partial charge in [0, 0.05) is 26.2 Å². The highest BCUT2D eigenvalue weighted by Gasteiger charge is 1.95. The quantitative estimate of drug-likeness (QED) is 0.615. The van der Waals surface area contributed by atoms with Crippen molar-refractivity contribution in [1.29, 1.82) is 0 Å². The Kier molecular flexibility index (Phi) is 13.4. The SMILES string of the molecule is C1CC1.C1CNCCN1.Cl.Cl. The second-order valence-electron chi connectivity index (χ2n) is 2.56. The van der Waals surface area contributed by atoms with Crippen molar-refractivity contribution in [2.45, 2.75) is 19.3 Å². The number of rotatable bonds is 0. The Labute approximate surface area is 81.3 Å². The van der Waals surface area contributed by atoms with Crippen LogP contribution < -0.4 is 10.6 Å². The summed E-state index contributed by atoms with van der Waals surface area (Å²) in [5.41, 5.74) is 0. The van der Waals surface area contributed by atoms with Crippen LogP contribution in [0, 0.1) is 0 Å². The molecular formula is C7H18Cl2N2. The molecule has 0 aromatic carbocycles. The minimum Gasteiger partial charge on any atom is -0.314 e. The zero-order chi connectivity index (χ0) is 6.36. The summed E-state index contributed by atoms with van der Waals surface area (Å²) in [5.74, 6) is 0. The highest BCUT2D eigenvalue weighted by atomic mass is 35.5. The summed E-state index contributed by atoms with van der Waals surface area (Å²) in [6, 6.07) is 0. The van der Waals surface area contributed by atoms with Gasteiger partial charge in [-0.3, -0.25) is 0 Å². The number of hydrogen-bond donors (Lipinski definition) is 2. The summed E-state index contributed by atoms with van der Waals surface area (Å²) in [4.78, 5) is 0. The molecule has 1 heterocycles. The molecule has 1 saturated heterocycles. The molecule has 1 saturated carbocycles. The van der Waals surface area contributed by atoms with E-state index in [9.17, 15) is 0 Å². The third kappa shape index (κ3) is 13.5. The summed E-state index contributed by atoms with van der Waals surface area (Å²) in [7, 11) is 0. The van der Waals surface area contributed by atoms with Crippen LogP contribution in [0.25, 0.3) is 0 Å². The van der Waals surface area contributed by atoms with E-state index in [1.807, 2.05) is 0 Å². The van der Waals surface area contributed by atoms with E-state index in [1.54, 1.807) is 0 Å². The smallest absolute Gasteiger partial charge is 0.00772 e. The number of halogens is 2. The molecule has 4 heteroatoms. The molecule has 0 unspecified atom stereocenters. The largest absolute Gasteiger partial charge is 0.314 e. The van der Waals surface area contributed by atoms with Gasteiger partial charge in [-0.2, -0.15) is 0 Å². The molecule has 0 aromatic rings. The van der Waals surface area contributed by atoms with E-state index >= 15 is 0 Å². The first-order chi connectivity index (χ1) is 4.50. The van der Waals surface area contributed by atoms with Gasteiger partial charge in [-0.25, -0.2) is 0 Å². The van der Waals surface area contributed by atoms with Crippen molar-refractivity contribution in [2.24, 2.45) is 0 Å². The van der Waals surface area contributed by atoms with E-state index in [0.29, 0.717) is 0 Å². The van der Waals surface area contributed by atoms with Gasteiger partial charge in [0.25, 0.3) is 0 Å². The van der Waals surface area contributed by atoms with E-state index in [1.165, 1.54) is 19.3 Å². The highest BCUT2D eigenvalue weighted by Crippen LogP contribution is 2.14. The Hall–Kier alpha value is 0.500. The van der Waals surface area contributed by atoms with Crippen LogP contribution in [0.2, 0.25) is 0 Å². The summed E-state index contributed by atoms with van der Waals surface area (Å²) in [6.45, 7) is 4.56. The van der Waals surface area contributed by atoms with Crippen LogP contribution in [-0.4, -0.2) is 26.2 Å². The lowest BCUT2D eigenvalue weighted by Crippen LogP contribution is -2.39. The molecule has 2 rings (SSSR count). The molecule has 0 bridgehead atoms. The Morgan fingerprint density at radius 1 is 0.545 bits per heavy atom. The maximum Gasteiger partial charge on any atom is 0.00772 e. The normalized spacial score (nSPS) is 19.6. The second kappa shape index (κ2) is 10.5. The van der Waals surface area contributed by atoms with E-state index in [2.05, 4.69) is 10.6 Å². The van der Waals surface area contributed by atoms with Crippen molar-refractivity contribution in [1.82, 2.24) is 10.6 Å². The van der Waals surface area contributed by atoms with Crippen molar-refractivity contribution < 1.29 is 0 Å². The topological polar surface area (TPSA) is 24.1 Å². The van der Waals surface area contributed by atoms with Gasteiger partial charge < -0.3 is 10.6 Å². The fourth-order valence-corrected chi connectivity index (χ4v) is 0.604. The van der Waals surface area contributed by atoms with Gasteiger partial charge in [0.05, 0.1) is 0 Å². The molecule has 2 N–H and O–H groups in total. The maximum atomic E-state index is 3.22. The molecule has 1 aliphatic heterocycles. The minimum absolute atomic E-state index is 0. The first kappa shape index (κ1) is 14.0. The molecule has 0 atom stereocenters. The fourth-order valence-electron chi connectivity index (χ4n) is 0.604. The number of nitrogens with one attached hydrogen (secondary N) is 2. The first-order valence-electron chi connectivity index (χ1n) is 3.91. The van der Waals surface area contributed by atoms with Gasteiger partial charge in [0.2, 0.25) is 0 Å². The summed E-state index contributed by atoms with van der Waals surface area (Å²) < 4.78 is 0. The molecule has 0 amide bonds. The standard InChI is InChI=1S/C4H10N2.C3H6.2ClH/c1-2-6-4-3-5-1;1-2-3-1;;/h5-6H,1-4H2;1-3H2;2*1H. The van der Waals surface area contributed by atoms with Crippen LogP contribution in [0.1, 0.15) is 19.3 Å². The van der Waals surface area contributed by atoms with Crippen molar-refractivity contribution in [3.05, 3.63) is 0 Å². The van der Waals surface area contributed by atoms with Crippen LogP contribution >= 0.6 is 24.8 Å². The second-order valence-corrected chi connectivity index (χ2v) is 2.56. The predicted molar refractivity (Wildman–Crippen MR) is 54.1 cm³/mol. The third-order valence-electron chi connectivity index (χ3n) is 1.31. The molecule has 11 heavy (non-hydrogen) atoms. The lowest BCUT2D eigenvalue weighted by Gasteiger charge is -2.11. The van der Waals surface area contributed by atoms with Crippen LogP contribution in [0.15, 0.2) is 0 Å². The highest BCUT2D eigenvalue weighted by molar-refractivity contribution is 5.85.